The van der Waals surface area contributed by atoms with Gasteiger partial charge in [0.05, 0.1) is 23.1 Å². The molecule has 12 heteroatoms. The number of carbonyl (C=O) groups excluding carboxylic acids is 1. The number of nitrogens with zero attached hydrogens (tertiary/aromatic N) is 3. The first-order valence-corrected chi connectivity index (χ1v) is 13.6. The van der Waals surface area contributed by atoms with E-state index in [0.717, 1.165) is 39.3 Å². The Labute approximate surface area is 220 Å². The Hall–Kier alpha value is -2.27. The Balaban J connectivity index is 1.54. The van der Waals surface area contributed by atoms with Gasteiger partial charge in [0.15, 0.2) is 0 Å². The van der Waals surface area contributed by atoms with Gasteiger partial charge < -0.3 is 10.2 Å². The highest BCUT2D eigenvalue weighted by Gasteiger charge is 2.25. The molecule has 0 aliphatic carbocycles. The minimum absolute atomic E-state index is 0.0127. The number of hydrogen-bond donors (Lipinski definition) is 1. The Kier molecular flexibility index (Phi) is 10.1. The van der Waals surface area contributed by atoms with Crippen LogP contribution in [0.2, 0.25) is 10.0 Å². The zero-order valence-corrected chi connectivity index (χ0v) is 22.1. The molecular formula is C24H28Cl2F2N4O3S. The second-order valence-electron chi connectivity index (χ2n) is 8.32. The van der Waals surface area contributed by atoms with Crippen molar-refractivity contribution in [3.8, 4) is 0 Å². The standard InChI is InChI=1S/C24H28Cl2F2N4O3S/c1-31(36(34,35)20-5-2-4-19(25)23(20)26)14-3-6-22(33)32(16-21(27)28)15-11-17-7-9-18(10-8-17)24-29-12-13-30-24/h2,4-5,7-10,21H,3,6,11-16H2,1H3,(H,29,30). The zero-order chi connectivity index (χ0) is 26.3. The Morgan fingerprint density at radius 3 is 2.50 bits per heavy atom. The molecule has 0 fully saturated rings. The minimum Gasteiger partial charge on any atom is -0.368 e. The fraction of sp³-hybridized carbons (Fsp3) is 0.417. The lowest BCUT2D eigenvalue weighted by atomic mass is 10.1. The molecule has 0 bridgehead atoms. The lowest BCUT2D eigenvalue weighted by Gasteiger charge is -2.23. The number of rotatable bonds is 12. The van der Waals surface area contributed by atoms with Crippen molar-refractivity contribution in [1.82, 2.24) is 14.5 Å². The molecule has 1 aliphatic heterocycles. The second-order valence-corrected chi connectivity index (χ2v) is 11.1. The quantitative estimate of drug-likeness (QED) is 0.424. The van der Waals surface area contributed by atoms with Crippen molar-refractivity contribution in [2.75, 3.05) is 39.8 Å². The van der Waals surface area contributed by atoms with Crippen LogP contribution >= 0.6 is 23.2 Å². The smallest absolute Gasteiger partial charge is 0.255 e. The van der Waals surface area contributed by atoms with Gasteiger partial charge in [0.25, 0.3) is 6.43 Å². The maximum absolute atomic E-state index is 13.1. The molecule has 2 aromatic carbocycles. The van der Waals surface area contributed by atoms with Gasteiger partial charge in [0.2, 0.25) is 15.9 Å². The summed E-state index contributed by atoms with van der Waals surface area (Å²) in [6, 6.07) is 11.9. The predicted molar refractivity (Wildman–Crippen MR) is 138 cm³/mol. The average molecular weight is 561 g/mol. The van der Waals surface area contributed by atoms with Gasteiger partial charge in [-0.25, -0.2) is 21.5 Å². The molecule has 1 amide bonds. The van der Waals surface area contributed by atoms with Crippen LogP contribution in [0.4, 0.5) is 8.78 Å². The summed E-state index contributed by atoms with van der Waals surface area (Å²) >= 11 is 12.0. The summed E-state index contributed by atoms with van der Waals surface area (Å²) in [5.41, 5.74) is 1.86. The first-order chi connectivity index (χ1) is 17.1. The van der Waals surface area contributed by atoms with Gasteiger partial charge in [-0.3, -0.25) is 9.79 Å². The van der Waals surface area contributed by atoms with Gasteiger partial charge in [0.1, 0.15) is 10.7 Å². The molecule has 0 unspecified atom stereocenters. The van der Waals surface area contributed by atoms with E-state index in [1.807, 2.05) is 24.3 Å². The number of benzene rings is 2. The van der Waals surface area contributed by atoms with Crippen LogP contribution in [0.3, 0.4) is 0 Å². The van der Waals surface area contributed by atoms with Crippen molar-refractivity contribution < 1.29 is 22.0 Å². The van der Waals surface area contributed by atoms with Crippen molar-refractivity contribution in [1.29, 1.82) is 0 Å². The Morgan fingerprint density at radius 1 is 1.14 bits per heavy atom. The van der Waals surface area contributed by atoms with E-state index < -0.39 is 28.9 Å². The molecule has 3 rings (SSSR count). The molecule has 196 valence electrons. The van der Waals surface area contributed by atoms with Crippen molar-refractivity contribution in [3.05, 3.63) is 63.6 Å². The van der Waals surface area contributed by atoms with E-state index in [4.69, 9.17) is 23.2 Å². The van der Waals surface area contributed by atoms with E-state index in [-0.39, 0.29) is 40.9 Å². The molecular weight excluding hydrogens is 533 g/mol. The van der Waals surface area contributed by atoms with E-state index in [1.165, 1.54) is 25.2 Å². The Morgan fingerprint density at radius 2 is 1.86 bits per heavy atom. The molecule has 1 heterocycles. The molecule has 1 N–H and O–H groups in total. The normalized spacial score (nSPS) is 13.7. The maximum Gasteiger partial charge on any atom is 0.255 e. The van der Waals surface area contributed by atoms with Crippen molar-refractivity contribution in [3.63, 3.8) is 0 Å². The van der Waals surface area contributed by atoms with Gasteiger partial charge in [-0.1, -0.05) is 53.5 Å². The summed E-state index contributed by atoms with van der Waals surface area (Å²) in [6.07, 6.45) is -2.16. The number of nitrogens with one attached hydrogen (secondary N) is 1. The number of hydrogen-bond acceptors (Lipinski definition) is 5. The summed E-state index contributed by atoms with van der Waals surface area (Å²) in [7, 11) is -2.56. The summed E-state index contributed by atoms with van der Waals surface area (Å²) in [6.45, 7) is 1.01. The van der Waals surface area contributed by atoms with Crippen LogP contribution in [0.5, 0.6) is 0 Å². The lowest BCUT2D eigenvalue weighted by Crippen LogP contribution is -2.37. The third kappa shape index (κ3) is 7.38. The fourth-order valence-corrected chi connectivity index (χ4v) is 5.69. The van der Waals surface area contributed by atoms with E-state index in [0.29, 0.717) is 6.42 Å². The number of sulfonamides is 1. The number of carbonyl (C=O) groups is 1. The molecule has 0 saturated heterocycles. The molecule has 1 aliphatic rings. The van der Waals surface area contributed by atoms with Crippen LogP contribution in [0.1, 0.15) is 24.0 Å². The summed E-state index contributed by atoms with van der Waals surface area (Å²) in [5, 5.41) is 3.23. The highest BCUT2D eigenvalue weighted by molar-refractivity contribution is 7.89. The third-order valence-corrected chi connectivity index (χ3v) is 8.58. The average Bonchev–Trinajstić information content (AvgIpc) is 3.38. The molecule has 0 radical (unpaired) electrons. The van der Waals surface area contributed by atoms with Crippen molar-refractivity contribution >= 4 is 45.0 Å². The van der Waals surface area contributed by atoms with Gasteiger partial charge in [-0.15, -0.1) is 0 Å². The Bertz CT molecular complexity index is 1190. The minimum atomic E-state index is -3.93. The van der Waals surface area contributed by atoms with Crippen LogP contribution in [0.15, 0.2) is 52.4 Å². The van der Waals surface area contributed by atoms with Crippen LogP contribution in [0.25, 0.3) is 0 Å². The van der Waals surface area contributed by atoms with Crippen molar-refractivity contribution in [2.24, 2.45) is 4.99 Å². The molecule has 7 nitrogen and oxygen atoms in total. The largest absolute Gasteiger partial charge is 0.368 e. The van der Waals surface area contributed by atoms with Crippen LogP contribution in [-0.4, -0.2) is 75.6 Å². The predicted octanol–water partition coefficient (Wildman–Crippen LogP) is 4.08. The fourth-order valence-electron chi connectivity index (χ4n) is 3.75. The number of aliphatic imine (C=N–C) groups is 1. The number of amidine groups is 1. The van der Waals surface area contributed by atoms with Gasteiger partial charge in [-0.05, 0) is 30.5 Å². The SMILES string of the molecule is CN(CCCC(=O)N(CCc1ccc(C2=NCCN2)cc1)CC(F)F)S(=O)(=O)c1cccc(Cl)c1Cl. The lowest BCUT2D eigenvalue weighted by molar-refractivity contribution is -0.133. The number of halogens is 4. The molecule has 0 saturated carbocycles. The first kappa shape index (κ1) is 28.3. The van der Waals surface area contributed by atoms with Gasteiger partial charge in [0, 0.05) is 38.7 Å². The monoisotopic (exact) mass is 560 g/mol. The third-order valence-electron chi connectivity index (χ3n) is 5.75. The van der Waals surface area contributed by atoms with E-state index in [9.17, 15) is 22.0 Å². The zero-order valence-electron chi connectivity index (χ0n) is 19.8. The first-order valence-electron chi connectivity index (χ1n) is 11.4. The summed E-state index contributed by atoms with van der Waals surface area (Å²) in [4.78, 5) is 18.0. The highest BCUT2D eigenvalue weighted by atomic mass is 35.5. The molecule has 0 spiro atoms. The van der Waals surface area contributed by atoms with Gasteiger partial charge in [-0.2, -0.15) is 0 Å². The van der Waals surface area contributed by atoms with Crippen LogP contribution in [0, 0.1) is 0 Å². The number of amides is 1. The van der Waals surface area contributed by atoms with E-state index >= 15 is 0 Å². The van der Waals surface area contributed by atoms with Crippen molar-refractivity contribution in [2.45, 2.75) is 30.6 Å². The summed E-state index contributed by atoms with van der Waals surface area (Å²) in [5.74, 6) is 0.378. The number of alkyl halides is 2. The molecule has 0 atom stereocenters. The molecule has 2 aromatic rings. The molecule has 36 heavy (non-hydrogen) atoms. The highest BCUT2D eigenvalue weighted by Crippen LogP contribution is 2.30. The van der Waals surface area contributed by atoms with Crippen LogP contribution < -0.4 is 5.32 Å². The summed E-state index contributed by atoms with van der Waals surface area (Å²) < 4.78 is 53.0. The van der Waals surface area contributed by atoms with Crippen LogP contribution in [-0.2, 0) is 21.2 Å². The second kappa shape index (κ2) is 12.8. The van der Waals surface area contributed by atoms with E-state index in [1.54, 1.807) is 0 Å². The van der Waals surface area contributed by atoms with Gasteiger partial charge >= 0.3 is 0 Å². The van der Waals surface area contributed by atoms with E-state index in [2.05, 4.69) is 10.3 Å². The molecule has 0 aromatic heterocycles. The topological polar surface area (TPSA) is 82.1 Å². The maximum atomic E-state index is 13.1.